The van der Waals surface area contributed by atoms with Crippen molar-refractivity contribution in [3.63, 3.8) is 0 Å². The molecular formula is C12H6Cl2F3N. The second-order valence-electron chi connectivity index (χ2n) is 3.53. The first-order chi connectivity index (χ1) is 8.38. The van der Waals surface area contributed by atoms with Crippen molar-refractivity contribution in [2.24, 2.45) is 0 Å². The van der Waals surface area contributed by atoms with Crippen LogP contribution in [0, 0.1) is 0 Å². The van der Waals surface area contributed by atoms with Crippen molar-refractivity contribution in [1.29, 1.82) is 0 Å². The molecule has 2 aromatic rings. The van der Waals surface area contributed by atoms with E-state index in [1.807, 2.05) is 0 Å². The van der Waals surface area contributed by atoms with Crippen molar-refractivity contribution in [1.82, 2.24) is 4.98 Å². The van der Waals surface area contributed by atoms with Gasteiger partial charge >= 0.3 is 6.18 Å². The molecule has 0 saturated carbocycles. The van der Waals surface area contributed by atoms with Crippen LogP contribution >= 0.6 is 23.2 Å². The van der Waals surface area contributed by atoms with Gasteiger partial charge in [0.2, 0.25) is 0 Å². The Morgan fingerprint density at radius 3 is 2.33 bits per heavy atom. The van der Waals surface area contributed by atoms with E-state index in [9.17, 15) is 13.2 Å². The van der Waals surface area contributed by atoms with Gasteiger partial charge in [-0.15, -0.1) is 0 Å². The summed E-state index contributed by atoms with van der Waals surface area (Å²) in [6, 6.07) is 8.20. The van der Waals surface area contributed by atoms with Gasteiger partial charge in [0.25, 0.3) is 0 Å². The normalized spacial score (nSPS) is 11.6. The highest BCUT2D eigenvalue weighted by atomic mass is 35.5. The minimum Gasteiger partial charge on any atom is -0.243 e. The first-order valence-corrected chi connectivity index (χ1v) is 5.63. The minimum absolute atomic E-state index is 0.159. The number of rotatable bonds is 1. The molecule has 0 unspecified atom stereocenters. The number of aromatic nitrogens is 1. The molecule has 0 bridgehead atoms. The van der Waals surface area contributed by atoms with E-state index in [0.29, 0.717) is 10.6 Å². The Hall–Kier alpha value is -1.26. The Morgan fingerprint density at radius 1 is 1.00 bits per heavy atom. The van der Waals surface area contributed by atoms with Crippen LogP contribution in [0.2, 0.25) is 10.0 Å². The lowest BCUT2D eigenvalue weighted by molar-refractivity contribution is -0.141. The SMILES string of the molecule is FC(F)(F)c1cccc(-c2ccc(Cl)cc2Cl)n1. The average molecular weight is 292 g/mol. The molecule has 0 aliphatic carbocycles. The molecule has 0 aliphatic rings. The van der Waals surface area contributed by atoms with Gasteiger partial charge in [-0.25, -0.2) is 4.98 Å². The third-order valence-corrected chi connectivity index (χ3v) is 2.79. The fourth-order valence-electron chi connectivity index (χ4n) is 1.44. The molecule has 0 amide bonds. The summed E-state index contributed by atoms with van der Waals surface area (Å²) in [6.07, 6.45) is -4.48. The highest BCUT2D eigenvalue weighted by Gasteiger charge is 2.32. The van der Waals surface area contributed by atoms with Crippen LogP contribution in [0.1, 0.15) is 5.69 Å². The highest BCUT2D eigenvalue weighted by molar-refractivity contribution is 6.36. The van der Waals surface area contributed by atoms with E-state index in [1.54, 1.807) is 6.07 Å². The summed E-state index contributed by atoms with van der Waals surface area (Å²) in [4.78, 5) is 3.55. The number of pyridine rings is 1. The smallest absolute Gasteiger partial charge is 0.243 e. The molecule has 1 aromatic heterocycles. The molecule has 1 nitrogen and oxygen atoms in total. The Morgan fingerprint density at radius 2 is 1.72 bits per heavy atom. The van der Waals surface area contributed by atoms with Gasteiger partial charge < -0.3 is 0 Å². The molecule has 1 heterocycles. The predicted molar refractivity (Wildman–Crippen MR) is 64.7 cm³/mol. The van der Waals surface area contributed by atoms with E-state index in [0.717, 1.165) is 6.07 Å². The Balaban J connectivity index is 2.51. The zero-order valence-electron chi connectivity index (χ0n) is 8.80. The van der Waals surface area contributed by atoms with Gasteiger partial charge in [0.05, 0.1) is 10.7 Å². The fourth-order valence-corrected chi connectivity index (χ4v) is 1.95. The lowest BCUT2D eigenvalue weighted by atomic mass is 10.1. The molecular weight excluding hydrogens is 286 g/mol. The Labute approximate surface area is 111 Å². The molecule has 0 radical (unpaired) electrons. The molecule has 0 spiro atoms. The quantitative estimate of drug-likeness (QED) is 0.714. The molecule has 0 fully saturated rings. The number of nitrogens with zero attached hydrogens (tertiary/aromatic N) is 1. The molecule has 0 atom stereocenters. The average Bonchev–Trinajstić information content (AvgIpc) is 2.28. The van der Waals surface area contributed by atoms with Gasteiger partial charge in [-0.2, -0.15) is 13.2 Å². The van der Waals surface area contributed by atoms with E-state index < -0.39 is 11.9 Å². The van der Waals surface area contributed by atoms with Crippen LogP contribution in [0.25, 0.3) is 11.3 Å². The van der Waals surface area contributed by atoms with Crippen LogP contribution in [0.5, 0.6) is 0 Å². The summed E-state index contributed by atoms with van der Waals surface area (Å²) in [6.45, 7) is 0. The van der Waals surface area contributed by atoms with Crippen molar-refractivity contribution in [2.45, 2.75) is 6.18 Å². The molecule has 0 N–H and O–H groups in total. The molecule has 0 aliphatic heterocycles. The molecule has 2 rings (SSSR count). The van der Waals surface area contributed by atoms with Gasteiger partial charge in [-0.1, -0.05) is 29.3 Å². The second-order valence-corrected chi connectivity index (χ2v) is 4.37. The summed E-state index contributed by atoms with van der Waals surface area (Å²) in [5, 5.41) is 0.671. The molecule has 0 saturated heterocycles. The van der Waals surface area contributed by atoms with Gasteiger partial charge in [0, 0.05) is 10.6 Å². The topological polar surface area (TPSA) is 12.9 Å². The third-order valence-electron chi connectivity index (χ3n) is 2.25. The number of benzene rings is 1. The van der Waals surface area contributed by atoms with Crippen LogP contribution in [-0.4, -0.2) is 4.98 Å². The largest absolute Gasteiger partial charge is 0.433 e. The van der Waals surface area contributed by atoms with Crippen molar-refractivity contribution in [3.8, 4) is 11.3 Å². The van der Waals surface area contributed by atoms with Crippen molar-refractivity contribution in [2.75, 3.05) is 0 Å². The molecule has 18 heavy (non-hydrogen) atoms. The predicted octanol–water partition coefficient (Wildman–Crippen LogP) is 5.07. The molecule has 6 heteroatoms. The first kappa shape index (κ1) is 13.2. The maximum Gasteiger partial charge on any atom is 0.433 e. The van der Waals surface area contributed by atoms with Gasteiger partial charge in [0.1, 0.15) is 5.69 Å². The number of hydrogen-bond donors (Lipinski definition) is 0. The van der Waals surface area contributed by atoms with Crippen LogP contribution < -0.4 is 0 Å². The van der Waals surface area contributed by atoms with E-state index in [2.05, 4.69) is 4.98 Å². The minimum atomic E-state index is -4.48. The summed E-state index contributed by atoms with van der Waals surface area (Å²) in [5.74, 6) is 0. The highest BCUT2D eigenvalue weighted by Crippen LogP contribution is 2.32. The fraction of sp³-hybridized carbons (Fsp3) is 0.0833. The Kier molecular flexibility index (Phi) is 3.50. The summed E-state index contributed by atoms with van der Waals surface area (Å²) >= 11 is 11.6. The van der Waals surface area contributed by atoms with Gasteiger partial charge in [-0.3, -0.25) is 0 Å². The summed E-state index contributed by atoms with van der Waals surface area (Å²) in [7, 11) is 0. The van der Waals surface area contributed by atoms with Crippen molar-refractivity contribution in [3.05, 3.63) is 52.1 Å². The zero-order chi connectivity index (χ0) is 13.3. The summed E-state index contributed by atoms with van der Waals surface area (Å²) in [5.41, 5.74) is -0.385. The van der Waals surface area contributed by atoms with Crippen LogP contribution in [0.15, 0.2) is 36.4 Å². The van der Waals surface area contributed by atoms with E-state index in [1.165, 1.54) is 24.3 Å². The van der Waals surface area contributed by atoms with E-state index >= 15 is 0 Å². The van der Waals surface area contributed by atoms with E-state index in [4.69, 9.17) is 23.2 Å². The summed E-state index contributed by atoms with van der Waals surface area (Å²) < 4.78 is 37.6. The van der Waals surface area contributed by atoms with Crippen molar-refractivity contribution < 1.29 is 13.2 Å². The number of hydrogen-bond acceptors (Lipinski definition) is 1. The van der Waals surface area contributed by atoms with Crippen LogP contribution in [0.4, 0.5) is 13.2 Å². The Bertz CT molecular complexity index is 582. The van der Waals surface area contributed by atoms with Crippen LogP contribution in [-0.2, 0) is 6.18 Å². The molecule has 94 valence electrons. The lowest BCUT2D eigenvalue weighted by Crippen LogP contribution is -2.08. The first-order valence-electron chi connectivity index (χ1n) is 4.87. The third kappa shape index (κ3) is 2.76. The lowest BCUT2D eigenvalue weighted by Gasteiger charge is -2.09. The van der Waals surface area contributed by atoms with Crippen LogP contribution in [0.3, 0.4) is 0 Å². The van der Waals surface area contributed by atoms with E-state index in [-0.39, 0.29) is 10.7 Å². The van der Waals surface area contributed by atoms with Crippen molar-refractivity contribution >= 4 is 23.2 Å². The zero-order valence-corrected chi connectivity index (χ0v) is 10.3. The standard InChI is InChI=1S/C12H6Cl2F3N/c13-7-4-5-8(9(14)6-7)10-2-1-3-11(18-10)12(15,16)17/h1-6H. The maximum absolute atomic E-state index is 12.5. The number of alkyl halides is 3. The maximum atomic E-state index is 12.5. The monoisotopic (exact) mass is 291 g/mol. The van der Waals surface area contributed by atoms with Gasteiger partial charge in [-0.05, 0) is 30.3 Å². The number of halogens is 5. The second kappa shape index (κ2) is 4.78. The van der Waals surface area contributed by atoms with Gasteiger partial charge in [0.15, 0.2) is 0 Å². The molecule has 1 aromatic carbocycles.